The summed E-state index contributed by atoms with van der Waals surface area (Å²) in [6.45, 7) is 12.8. The van der Waals surface area contributed by atoms with Crippen LogP contribution in [-0.2, 0) is 4.79 Å². The van der Waals surface area contributed by atoms with Crippen LogP contribution in [0.3, 0.4) is 0 Å². The Bertz CT molecular complexity index is 1400. The molecule has 0 saturated heterocycles. The van der Waals surface area contributed by atoms with Crippen molar-refractivity contribution in [2.75, 3.05) is 7.11 Å². The number of methoxy groups -OCH3 is 1. The Kier molecular flexibility index (Phi) is 11.7. The van der Waals surface area contributed by atoms with Crippen molar-refractivity contribution in [3.63, 3.8) is 0 Å². The molecule has 1 heterocycles. The number of hydrogen-bond donors (Lipinski definition) is 0. The van der Waals surface area contributed by atoms with Gasteiger partial charge in [0.15, 0.2) is 5.76 Å². The molecule has 0 bridgehead atoms. The molecule has 0 spiro atoms. The second-order valence-electron chi connectivity index (χ2n) is 8.24. The average Bonchev–Trinajstić information content (AvgIpc) is 3.38. The van der Waals surface area contributed by atoms with E-state index >= 15 is 0 Å². The lowest BCUT2D eigenvalue weighted by Crippen LogP contribution is -1.86. The van der Waals surface area contributed by atoms with Crippen LogP contribution in [0.4, 0.5) is 0 Å². The molecule has 0 N–H and O–H groups in total. The molecule has 0 saturated carbocycles. The number of Topliss-reactive ketones (excluding diaryl/α,β-unsaturated/α-hetero) is 1. The SMILES string of the molecule is C=C/C=C(\C=C)c1nc(-c2ccc(C)cc2)oc1-c1ccccc1.CC(C)=O.COc1ccc(C#N)cc1. The highest BCUT2D eigenvalue weighted by Gasteiger charge is 2.18. The van der Waals surface area contributed by atoms with Crippen molar-refractivity contribution in [2.45, 2.75) is 20.8 Å². The number of benzene rings is 3. The zero-order valence-corrected chi connectivity index (χ0v) is 22.3. The maximum Gasteiger partial charge on any atom is 0.227 e. The minimum Gasteiger partial charge on any atom is -0.497 e. The quantitative estimate of drug-likeness (QED) is 0.247. The summed E-state index contributed by atoms with van der Waals surface area (Å²) in [7, 11) is 1.60. The van der Waals surface area contributed by atoms with Gasteiger partial charge in [-0.05, 0) is 57.2 Å². The number of carbonyl (C=O) groups is 1. The van der Waals surface area contributed by atoms with E-state index in [2.05, 4.69) is 32.2 Å². The molecule has 0 unspecified atom stereocenters. The highest BCUT2D eigenvalue weighted by atomic mass is 16.5. The van der Waals surface area contributed by atoms with Gasteiger partial charge in [0, 0.05) is 16.7 Å². The Balaban J connectivity index is 0.000000299. The van der Waals surface area contributed by atoms with Gasteiger partial charge in [-0.3, -0.25) is 0 Å². The number of nitriles is 1. The minimum absolute atomic E-state index is 0.167. The topological polar surface area (TPSA) is 76.1 Å². The summed E-state index contributed by atoms with van der Waals surface area (Å²) in [5, 5.41) is 8.41. The molecule has 0 atom stereocenters. The Morgan fingerprint density at radius 3 is 2.05 bits per heavy atom. The molecule has 0 aliphatic heterocycles. The summed E-state index contributed by atoms with van der Waals surface area (Å²) in [6.07, 6.45) is 5.38. The molecule has 1 aromatic heterocycles. The summed E-state index contributed by atoms with van der Waals surface area (Å²) in [5.74, 6) is 2.28. The fourth-order valence-electron chi connectivity index (χ4n) is 3.16. The van der Waals surface area contributed by atoms with Gasteiger partial charge < -0.3 is 13.9 Å². The van der Waals surface area contributed by atoms with Gasteiger partial charge in [-0.15, -0.1) is 0 Å². The van der Waals surface area contributed by atoms with Crippen LogP contribution in [0.15, 0.2) is 115 Å². The maximum absolute atomic E-state index is 9.44. The molecule has 0 amide bonds. The summed E-state index contributed by atoms with van der Waals surface area (Å²) in [5.41, 5.74) is 5.44. The van der Waals surface area contributed by atoms with Crippen molar-refractivity contribution in [2.24, 2.45) is 0 Å². The second-order valence-corrected chi connectivity index (χ2v) is 8.24. The number of rotatable bonds is 6. The van der Waals surface area contributed by atoms with E-state index in [0.717, 1.165) is 33.9 Å². The Labute approximate surface area is 225 Å². The van der Waals surface area contributed by atoms with E-state index in [0.29, 0.717) is 11.5 Å². The Hall–Kier alpha value is -4.95. The molecule has 5 heteroatoms. The molecule has 0 aliphatic rings. The fourth-order valence-corrected chi connectivity index (χ4v) is 3.16. The molecular formula is C33H32N2O3. The first-order valence-corrected chi connectivity index (χ1v) is 11.9. The third kappa shape index (κ3) is 8.92. The van der Waals surface area contributed by atoms with Gasteiger partial charge >= 0.3 is 0 Å². The Morgan fingerprint density at radius 1 is 0.947 bits per heavy atom. The van der Waals surface area contributed by atoms with Crippen molar-refractivity contribution in [3.8, 4) is 34.6 Å². The number of hydrogen-bond acceptors (Lipinski definition) is 5. The van der Waals surface area contributed by atoms with Crippen molar-refractivity contribution in [3.05, 3.63) is 127 Å². The lowest BCUT2D eigenvalue weighted by atomic mass is 10.1. The van der Waals surface area contributed by atoms with Crippen LogP contribution in [0.2, 0.25) is 0 Å². The molecular weight excluding hydrogens is 472 g/mol. The zero-order valence-electron chi connectivity index (χ0n) is 22.3. The highest BCUT2D eigenvalue weighted by molar-refractivity contribution is 5.82. The van der Waals surface area contributed by atoms with Crippen molar-refractivity contribution >= 4 is 11.4 Å². The third-order valence-electron chi connectivity index (χ3n) is 4.97. The van der Waals surface area contributed by atoms with Crippen LogP contribution in [-0.4, -0.2) is 17.9 Å². The normalized spacial score (nSPS) is 10.0. The largest absolute Gasteiger partial charge is 0.497 e. The van der Waals surface area contributed by atoms with E-state index in [-0.39, 0.29) is 5.78 Å². The fraction of sp³-hybridized carbons (Fsp3) is 0.121. The maximum atomic E-state index is 9.44. The molecule has 192 valence electrons. The molecule has 4 aromatic rings. The van der Waals surface area contributed by atoms with Crippen LogP contribution in [0.1, 0.15) is 30.7 Å². The first kappa shape index (κ1) is 29.3. The summed E-state index contributed by atoms with van der Waals surface area (Å²) in [6, 6.07) is 27.1. The van der Waals surface area contributed by atoms with Gasteiger partial charge in [0.05, 0.1) is 18.7 Å². The highest BCUT2D eigenvalue weighted by Crippen LogP contribution is 2.34. The van der Waals surface area contributed by atoms with Crippen LogP contribution >= 0.6 is 0 Å². The number of oxazole rings is 1. The van der Waals surface area contributed by atoms with Crippen molar-refractivity contribution < 1.29 is 13.9 Å². The lowest BCUT2D eigenvalue weighted by molar-refractivity contribution is -0.114. The first-order chi connectivity index (χ1) is 18.3. The molecule has 0 fully saturated rings. The molecule has 0 aliphatic carbocycles. The van der Waals surface area contributed by atoms with Crippen LogP contribution in [0.25, 0.3) is 28.4 Å². The zero-order chi connectivity index (χ0) is 27.9. The van der Waals surface area contributed by atoms with E-state index < -0.39 is 0 Å². The number of aryl methyl sites for hydroxylation is 1. The van der Waals surface area contributed by atoms with Crippen molar-refractivity contribution in [1.82, 2.24) is 4.98 Å². The predicted molar refractivity (Wildman–Crippen MR) is 155 cm³/mol. The predicted octanol–water partition coefficient (Wildman–Crippen LogP) is 8.23. The molecule has 4 rings (SSSR count). The third-order valence-corrected chi connectivity index (χ3v) is 4.97. The average molecular weight is 505 g/mol. The second kappa shape index (κ2) is 15.2. The van der Waals surface area contributed by atoms with E-state index in [4.69, 9.17) is 19.4 Å². The van der Waals surface area contributed by atoms with Crippen LogP contribution in [0.5, 0.6) is 5.75 Å². The minimum atomic E-state index is 0.167. The number of nitrogens with zero attached hydrogens (tertiary/aromatic N) is 2. The van der Waals surface area contributed by atoms with E-state index in [1.165, 1.54) is 19.4 Å². The van der Waals surface area contributed by atoms with Gasteiger partial charge in [0.25, 0.3) is 0 Å². The number of allylic oxidation sites excluding steroid dienone is 4. The number of ether oxygens (including phenoxy) is 1. The molecule has 0 radical (unpaired) electrons. The monoisotopic (exact) mass is 504 g/mol. The molecule has 38 heavy (non-hydrogen) atoms. The van der Waals surface area contributed by atoms with Crippen LogP contribution in [0, 0.1) is 18.3 Å². The summed E-state index contributed by atoms with van der Waals surface area (Å²) < 4.78 is 11.0. The van der Waals surface area contributed by atoms with E-state index in [9.17, 15) is 4.79 Å². The standard InChI is InChI=1S/C22H19NO.C8H7NO.C3H6O/c1-4-9-17(5-2)20-21(18-10-7-6-8-11-18)24-22(23-20)19-14-12-16(3)13-15-19;1-10-8-4-2-7(6-9)3-5-8;1-3(2)4/h4-15H,1-2H2,3H3;2-5H,1H3;1-2H3/b17-9+;;. The Morgan fingerprint density at radius 2 is 1.55 bits per heavy atom. The smallest absolute Gasteiger partial charge is 0.227 e. The van der Waals surface area contributed by atoms with Crippen molar-refractivity contribution in [1.29, 1.82) is 5.26 Å². The number of aromatic nitrogens is 1. The van der Waals surface area contributed by atoms with Gasteiger partial charge in [-0.1, -0.05) is 79.4 Å². The summed E-state index contributed by atoms with van der Waals surface area (Å²) in [4.78, 5) is 14.2. The van der Waals surface area contributed by atoms with Gasteiger partial charge in [0.2, 0.25) is 5.89 Å². The molecule has 3 aromatic carbocycles. The number of ketones is 1. The number of carbonyl (C=O) groups excluding carboxylic acids is 1. The van der Waals surface area contributed by atoms with E-state index in [1.807, 2.05) is 54.6 Å². The van der Waals surface area contributed by atoms with E-state index in [1.54, 1.807) is 43.5 Å². The lowest BCUT2D eigenvalue weighted by Gasteiger charge is -2.01. The van der Waals surface area contributed by atoms with Gasteiger partial charge in [-0.25, -0.2) is 4.98 Å². The first-order valence-electron chi connectivity index (χ1n) is 11.9. The molecule has 5 nitrogen and oxygen atoms in total. The summed E-state index contributed by atoms with van der Waals surface area (Å²) >= 11 is 0. The van der Waals surface area contributed by atoms with Gasteiger partial charge in [-0.2, -0.15) is 5.26 Å². The van der Waals surface area contributed by atoms with Gasteiger partial charge in [0.1, 0.15) is 17.2 Å². The van der Waals surface area contributed by atoms with Crippen LogP contribution < -0.4 is 4.74 Å².